The summed E-state index contributed by atoms with van der Waals surface area (Å²) in [4.78, 5) is 37.8. The van der Waals surface area contributed by atoms with Gasteiger partial charge in [-0.2, -0.15) is 13.2 Å². The van der Waals surface area contributed by atoms with Crippen LogP contribution in [-0.2, 0) is 11.0 Å². The molecular weight excluding hydrogens is 537 g/mol. The monoisotopic (exact) mass is 551 g/mol. The van der Waals surface area contributed by atoms with Gasteiger partial charge in [0.25, 0.3) is 11.8 Å². The molecule has 0 aromatic heterocycles. The molecule has 2 atom stereocenters. The maximum Gasteiger partial charge on any atom is 0.416 e. The second-order valence-corrected chi connectivity index (χ2v) is 9.06. The first-order valence-electron chi connectivity index (χ1n) is 10.9. The van der Waals surface area contributed by atoms with Crippen LogP contribution in [0.1, 0.15) is 50.4 Å². The fourth-order valence-corrected chi connectivity index (χ4v) is 4.81. The minimum atomic E-state index is -5.00. The van der Waals surface area contributed by atoms with Crippen molar-refractivity contribution in [2.75, 3.05) is 5.32 Å². The van der Waals surface area contributed by atoms with Gasteiger partial charge in [-0.25, -0.2) is 8.78 Å². The predicted molar refractivity (Wildman–Crippen MR) is 125 cm³/mol. The molecule has 196 valence electrons. The number of primary amides is 1. The number of anilines is 1. The molecule has 0 radical (unpaired) electrons. The number of rotatable bonds is 3. The second kappa shape index (κ2) is 8.69. The number of hydrogen-bond donors (Lipinski definition) is 3. The summed E-state index contributed by atoms with van der Waals surface area (Å²) in [5.74, 6) is -5.08. The molecule has 5 rings (SSSR count). The standard InChI is InChI=1S/C25H15ClF5N3O4/c1-8-23(36)34-21-16(38-8)7-12(17-13(22(32)35)4-9(5-15(17)28)25(29,30)31)18-19(21)24(37)33-20(18)11-6-10(27)2-3-14(11)26/h2-8,20H,1H3,(H2,32,35)(H,33,37)(H,34,36)/t8-,20-/m1/s1. The third-order valence-electron chi connectivity index (χ3n) is 6.27. The summed E-state index contributed by atoms with van der Waals surface area (Å²) in [5.41, 5.74) is 1.82. The summed E-state index contributed by atoms with van der Waals surface area (Å²) in [6, 6.07) is 3.80. The Kier molecular flexibility index (Phi) is 5.82. The molecule has 3 amide bonds. The summed E-state index contributed by atoms with van der Waals surface area (Å²) in [5, 5.41) is 5.12. The molecule has 0 saturated heterocycles. The molecule has 0 saturated carbocycles. The number of halogens is 6. The van der Waals surface area contributed by atoms with E-state index in [1.165, 1.54) is 19.1 Å². The molecule has 2 aliphatic rings. The van der Waals surface area contributed by atoms with Gasteiger partial charge in [0.15, 0.2) is 6.10 Å². The third-order valence-corrected chi connectivity index (χ3v) is 6.61. The minimum absolute atomic E-state index is 0.00476. The lowest BCUT2D eigenvalue weighted by Gasteiger charge is -2.27. The van der Waals surface area contributed by atoms with Gasteiger partial charge in [0, 0.05) is 21.7 Å². The van der Waals surface area contributed by atoms with Crippen LogP contribution in [0.2, 0.25) is 5.02 Å². The van der Waals surface area contributed by atoms with Gasteiger partial charge in [-0.1, -0.05) is 11.6 Å². The lowest BCUT2D eigenvalue weighted by molar-refractivity contribution is -0.137. The van der Waals surface area contributed by atoms with E-state index in [4.69, 9.17) is 22.1 Å². The summed E-state index contributed by atoms with van der Waals surface area (Å²) in [7, 11) is 0. The van der Waals surface area contributed by atoms with Crippen molar-refractivity contribution in [3.63, 3.8) is 0 Å². The summed E-state index contributed by atoms with van der Waals surface area (Å²) in [6.07, 6.45) is -6.04. The topological polar surface area (TPSA) is 111 Å². The van der Waals surface area contributed by atoms with Crippen LogP contribution >= 0.6 is 11.6 Å². The number of amides is 3. The quantitative estimate of drug-likeness (QED) is 0.400. The zero-order valence-corrected chi connectivity index (χ0v) is 19.9. The van der Waals surface area contributed by atoms with Gasteiger partial charge in [0.05, 0.1) is 28.4 Å². The van der Waals surface area contributed by atoms with Crippen LogP contribution in [0.15, 0.2) is 36.4 Å². The normalized spacial score (nSPS) is 18.3. The number of alkyl halides is 3. The third kappa shape index (κ3) is 4.01. The molecule has 2 aliphatic heterocycles. The summed E-state index contributed by atoms with van der Waals surface area (Å²) in [6.45, 7) is 1.40. The molecule has 0 aliphatic carbocycles. The molecule has 0 bridgehead atoms. The van der Waals surface area contributed by atoms with Gasteiger partial charge < -0.3 is 21.1 Å². The van der Waals surface area contributed by atoms with E-state index in [1.807, 2.05) is 0 Å². The van der Waals surface area contributed by atoms with E-state index in [1.54, 1.807) is 0 Å². The van der Waals surface area contributed by atoms with Crippen molar-refractivity contribution in [2.24, 2.45) is 5.73 Å². The smallest absolute Gasteiger partial charge is 0.416 e. The molecule has 0 unspecified atom stereocenters. The maximum atomic E-state index is 15.5. The first kappa shape index (κ1) is 25.5. The first-order chi connectivity index (χ1) is 17.8. The Morgan fingerprint density at radius 3 is 2.45 bits per heavy atom. The average molecular weight is 552 g/mol. The number of hydrogen-bond acceptors (Lipinski definition) is 4. The molecule has 13 heteroatoms. The number of nitrogens with two attached hydrogens (primary N) is 1. The Morgan fingerprint density at radius 1 is 1.08 bits per heavy atom. The number of ether oxygens (including phenoxy) is 1. The van der Waals surface area contributed by atoms with Crippen molar-refractivity contribution in [3.05, 3.63) is 80.9 Å². The second-order valence-electron chi connectivity index (χ2n) is 8.65. The minimum Gasteiger partial charge on any atom is -0.479 e. The Bertz CT molecular complexity index is 1570. The van der Waals surface area contributed by atoms with Crippen molar-refractivity contribution in [2.45, 2.75) is 25.2 Å². The lowest BCUT2D eigenvalue weighted by atomic mass is 9.85. The highest BCUT2D eigenvalue weighted by Crippen LogP contribution is 2.50. The molecule has 0 fully saturated rings. The van der Waals surface area contributed by atoms with Crippen molar-refractivity contribution in [3.8, 4) is 16.9 Å². The van der Waals surface area contributed by atoms with E-state index in [0.717, 1.165) is 12.1 Å². The molecule has 0 spiro atoms. The molecule has 4 N–H and O–H groups in total. The van der Waals surface area contributed by atoms with Crippen LogP contribution < -0.4 is 21.1 Å². The van der Waals surface area contributed by atoms with E-state index < -0.39 is 64.4 Å². The van der Waals surface area contributed by atoms with Crippen LogP contribution in [0.5, 0.6) is 5.75 Å². The number of carbonyl (C=O) groups is 3. The SMILES string of the molecule is C[C@H]1Oc2cc(-c3c(F)cc(C(F)(F)F)cc3C(N)=O)c3c(c2NC1=O)C(=O)N[C@@H]3c1cc(F)ccc1Cl. The number of nitrogens with one attached hydrogen (secondary N) is 2. The van der Waals surface area contributed by atoms with Crippen LogP contribution in [0, 0.1) is 11.6 Å². The van der Waals surface area contributed by atoms with Gasteiger partial charge in [0.2, 0.25) is 5.91 Å². The van der Waals surface area contributed by atoms with Crippen molar-refractivity contribution in [1.82, 2.24) is 5.32 Å². The fourth-order valence-electron chi connectivity index (χ4n) is 4.58. The summed E-state index contributed by atoms with van der Waals surface area (Å²) < 4.78 is 75.5. The zero-order chi connectivity index (χ0) is 27.7. The van der Waals surface area contributed by atoms with Gasteiger partial charge >= 0.3 is 6.18 Å². The van der Waals surface area contributed by atoms with Gasteiger partial charge in [-0.05, 0) is 48.9 Å². The maximum absolute atomic E-state index is 15.5. The molecular formula is C25H15ClF5N3O4. The van der Waals surface area contributed by atoms with Crippen molar-refractivity contribution < 1.29 is 41.1 Å². The van der Waals surface area contributed by atoms with Crippen molar-refractivity contribution in [1.29, 1.82) is 0 Å². The lowest BCUT2D eigenvalue weighted by Crippen LogP contribution is -2.35. The van der Waals surface area contributed by atoms with Crippen LogP contribution in [0.25, 0.3) is 11.1 Å². The number of benzene rings is 3. The van der Waals surface area contributed by atoms with E-state index in [9.17, 15) is 31.9 Å². The fraction of sp³-hybridized carbons (Fsp3) is 0.160. The van der Waals surface area contributed by atoms with E-state index >= 15 is 4.39 Å². The van der Waals surface area contributed by atoms with Crippen LogP contribution in [-0.4, -0.2) is 23.8 Å². The van der Waals surface area contributed by atoms with E-state index in [2.05, 4.69) is 10.6 Å². The Balaban J connectivity index is 1.89. The highest BCUT2D eigenvalue weighted by molar-refractivity contribution is 6.31. The molecule has 2 heterocycles. The highest BCUT2D eigenvalue weighted by atomic mass is 35.5. The number of carbonyl (C=O) groups excluding carboxylic acids is 3. The predicted octanol–water partition coefficient (Wildman–Crippen LogP) is 4.96. The van der Waals surface area contributed by atoms with E-state index in [-0.39, 0.29) is 44.8 Å². The van der Waals surface area contributed by atoms with Crippen molar-refractivity contribution >= 4 is 35.0 Å². The molecule has 7 nitrogen and oxygen atoms in total. The Labute approximate surface area is 215 Å². The Morgan fingerprint density at radius 2 is 1.79 bits per heavy atom. The molecule has 3 aromatic carbocycles. The van der Waals surface area contributed by atoms with E-state index in [0.29, 0.717) is 6.07 Å². The largest absolute Gasteiger partial charge is 0.479 e. The zero-order valence-electron chi connectivity index (χ0n) is 19.1. The van der Waals surface area contributed by atoms with Crippen LogP contribution in [0.4, 0.5) is 27.6 Å². The van der Waals surface area contributed by atoms with Crippen LogP contribution in [0.3, 0.4) is 0 Å². The highest BCUT2D eigenvalue weighted by Gasteiger charge is 2.42. The number of fused-ring (bicyclic) bond motifs is 3. The molecule has 38 heavy (non-hydrogen) atoms. The van der Waals surface area contributed by atoms with Gasteiger partial charge in [-0.15, -0.1) is 0 Å². The average Bonchev–Trinajstić information content (AvgIpc) is 3.17. The van der Waals surface area contributed by atoms with Gasteiger partial charge in [-0.3, -0.25) is 14.4 Å². The molecule has 3 aromatic rings. The first-order valence-corrected chi connectivity index (χ1v) is 11.3. The Hall–Kier alpha value is -4.19. The summed E-state index contributed by atoms with van der Waals surface area (Å²) >= 11 is 6.27. The van der Waals surface area contributed by atoms with Gasteiger partial charge in [0.1, 0.15) is 17.4 Å².